The Kier molecular flexibility index (Phi) is 4.34. The predicted molar refractivity (Wildman–Crippen MR) is 117 cm³/mol. The van der Waals surface area contributed by atoms with Crippen molar-refractivity contribution in [2.45, 2.75) is 6.92 Å². The molecule has 1 aliphatic rings. The van der Waals surface area contributed by atoms with Crippen molar-refractivity contribution in [3.05, 3.63) is 68.4 Å². The maximum absolute atomic E-state index is 13.0. The lowest BCUT2D eigenvalue weighted by molar-refractivity contribution is 0.103. The number of benzene rings is 2. The molecule has 7 nitrogen and oxygen atoms in total. The van der Waals surface area contributed by atoms with Crippen LogP contribution in [0.1, 0.15) is 15.4 Å². The number of halogens is 1. The van der Waals surface area contributed by atoms with E-state index in [-0.39, 0.29) is 18.0 Å². The van der Waals surface area contributed by atoms with Gasteiger partial charge in [-0.2, -0.15) is 0 Å². The molecule has 9 heteroatoms. The summed E-state index contributed by atoms with van der Waals surface area (Å²) in [7, 11) is 1.77. The first kappa shape index (κ1) is 18.8. The van der Waals surface area contributed by atoms with Crippen molar-refractivity contribution < 1.29 is 14.3 Å². The van der Waals surface area contributed by atoms with Crippen molar-refractivity contribution in [2.75, 3.05) is 12.1 Å². The molecule has 0 radical (unpaired) electrons. The van der Waals surface area contributed by atoms with Gasteiger partial charge in [-0.15, -0.1) is 11.3 Å². The lowest BCUT2D eigenvalue weighted by Crippen LogP contribution is -2.22. The molecule has 30 heavy (non-hydrogen) atoms. The summed E-state index contributed by atoms with van der Waals surface area (Å²) in [4.78, 5) is 26.4. The molecular weight excluding hydrogens is 426 g/mol. The molecule has 0 saturated carbocycles. The molecule has 4 aromatic rings. The highest BCUT2D eigenvalue weighted by Gasteiger charge is 2.24. The molecule has 0 bridgehead atoms. The molecule has 0 unspecified atom stereocenters. The molecule has 1 N–H and O–H groups in total. The minimum Gasteiger partial charge on any atom is -0.454 e. The second-order valence-corrected chi connectivity index (χ2v) is 8.27. The zero-order valence-electron chi connectivity index (χ0n) is 16.1. The van der Waals surface area contributed by atoms with Gasteiger partial charge in [-0.3, -0.25) is 14.3 Å². The van der Waals surface area contributed by atoms with E-state index in [0.29, 0.717) is 38.2 Å². The fraction of sp³-hybridized carbons (Fsp3) is 0.143. The lowest BCUT2D eigenvalue weighted by atomic mass is 10.2. The summed E-state index contributed by atoms with van der Waals surface area (Å²) in [6.45, 7) is 1.95. The number of aromatic nitrogens is 2. The molecule has 2 aromatic heterocycles. The number of nitrogens with one attached hydrogen (secondary N) is 1. The van der Waals surface area contributed by atoms with E-state index in [1.807, 2.05) is 30.3 Å². The molecule has 3 heterocycles. The summed E-state index contributed by atoms with van der Waals surface area (Å²) in [6.07, 6.45) is 0. The number of para-hydroxylation sites is 1. The van der Waals surface area contributed by atoms with Gasteiger partial charge in [0.05, 0.1) is 16.4 Å². The number of carbonyl (C=O) groups is 1. The molecule has 2 aromatic carbocycles. The van der Waals surface area contributed by atoms with E-state index in [0.717, 1.165) is 4.70 Å². The Morgan fingerprint density at radius 2 is 1.87 bits per heavy atom. The summed E-state index contributed by atoms with van der Waals surface area (Å²) < 4.78 is 14.8. The highest BCUT2D eigenvalue weighted by molar-refractivity contribution is 7.21. The standard InChI is InChI=1S/C21H16ClN3O4S/c1-11-18(21(27)25(24(11)2)12-6-4-3-5-7-12)23-20(26)19-17(22)13-8-14-15(29-10-28-14)9-16(13)30-19/h3-9H,10H2,1-2H3,(H,23,26). The SMILES string of the molecule is Cc1c(NC(=O)c2sc3cc4c(cc3c2Cl)OCO4)c(=O)n(-c2ccccc2)n1C. The van der Waals surface area contributed by atoms with Crippen LogP contribution in [-0.2, 0) is 7.05 Å². The average molecular weight is 442 g/mol. The number of anilines is 1. The van der Waals surface area contributed by atoms with Gasteiger partial charge in [0.25, 0.3) is 11.5 Å². The smallest absolute Gasteiger partial charge is 0.295 e. The van der Waals surface area contributed by atoms with Crippen LogP contribution in [0.25, 0.3) is 15.8 Å². The van der Waals surface area contributed by atoms with Crippen molar-refractivity contribution in [3.63, 3.8) is 0 Å². The van der Waals surface area contributed by atoms with E-state index in [1.54, 1.807) is 30.8 Å². The molecule has 0 spiro atoms. The highest BCUT2D eigenvalue weighted by atomic mass is 35.5. The van der Waals surface area contributed by atoms with Gasteiger partial charge < -0.3 is 14.8 Å². The van der Waals surface area contributed by atoms with Crippen LogP contribution in [-0.4, -0.2) is 22.1 Å². The summed E-state index contributed by atoms with van der Waals surface area (Å²) in [5.74, 6) is 0.782. The maximum atomic E-state index is 13.0. The van der Waals surface area contributed by atoms with Gasteiger partial charge in [0.15, 0.2) is 11.5 Å². The normalized spacial score (nSPS) is 12.5. The number of hydrogen-bond donors (Lipinski definition) is 1. The predicted octanol–water partition coefficient (Wildman–Crippen LogP) is 4.33. The number of hydrogen-bond acceptors (Lipinski definition) is 5. The molecule has 152 valence electrons. The van der Waals surface area contributed by atoms with Gasteiger partial charge >= 0.3 is 0 Å². The van der Waals surface area contributed by atoms with Gasteiger partial charge in [-0.25, -0.2) is 4.68 Å². The third-order valence-corrected chi connectivity index (χ3v) is 6.78. The third-order valence-electron chi connectivity index (χ3n) is 5.12. The lowest BCUT2D eigenvalue weighted by Gasteiger charge is -2.07. The zero-order chi connectivity index (χ0) is 21.0. The molecule has 0 atom stereocenters. The molecular formula is C21H16ClN3O4S. The van der Waals surface area contributed by atoms with E-state index < -0.39 is 5.91 Å². The van der Waals surface area contributed by atoms with Crippen molar-refractivity contribution in [1.29, 1.82) is 0 Å². The van der Waals surface area contributed by atoms with Crippen LogP contribution in [0.4, 0.5) is 5.69 Å². The minimum atomic E-state index is -0.436. The van der Waals surface area contributed by atoms with Crippen LogP contribution < -0.4 is 20.3 Å². The Bertz CT molecular complexity index is 1370. The van der Waals surface area contributed by atoms with Gasteiger partial charge in [0.2, 0.25) is 6.79 Å². The van der Waals surface area contributed by atoms with Crippen LogP contribution in [0.5, 0.6) is 11.5 Å². The summed E-state index contributed by atoms with van der Waals surface area (Å²) >= 11 is 7.74. The van der Waals surface area contributed by atoms with Gasteiger partial charge in [0, 0.05) is 23.2 Å². The van der Waals surface area contributed by atoms with Crippen LogP contribution in [0.3, 0.4) is 0 Å². The Morgan fingerprint density at radius 3 is 2.60 bits per heavy atom. The first-order valence-electron chi connectivity index (χ1n) is 9.12. The Labute approximate surface area is 180 Å². The second kappa shape index (κ2) is 6.93. The Hall–Kier alpha value is -3.23. The van der Waals surface area contributed by atoms with E-state index >= 15 is 0 Å². The minimum absolute atomic E-state index is 0.165. The van der Waals surface area contributed by atoms with Crippen LogP contribution >= 0.6 is 22.9 Å². The molecule has 0 fully saturated rings. The van der Waals surface area contributed by atoms with Crippen molar-refractivity contribution in [1.82, 2.24) is 9.36 Å². The van der Waals surface area contributed by atoms with Gasteiger partial charge in [0.1, 0.15) is 10.6 Å². The van der Waals surface area contributed by atoms with Gasteiger partial charge in [-0.05, 0) is 25.1 Å². The number of rotatable bonds is 3. The van der Waals surface area contributed by atoms with Gasteiger partial charge in [-0.1, -0.05) is 29.8 Å². The number of fused-ring (bicyclic) bond motifs is 2. The van der Waals surface area contributed by atoms with Crippen LogP contribution in [0, 0.1) is 6.92 Å². The van der Waals surface area contributed by atoms with Crippen molar-refractivity contribution >= 4 is 44.6 Å². The maximum Gasteiger partial charge on any atom is 0.295 e. The van der Waals surface area contributed by atoms with E-state index in [2.05, 4.69) is 5.32 Å². The fourth-order valence-corrected chi connectivity index (χ4v) is 4.90. The number of nitrogens with zero attached hydrogens (tertiary/aromatic N) is 2. The molecule has 1 aliphatic heterocycles. The number of carbonyl (C=O) groups excluding carboxylic acids is 1. The monoisotopic (exact) mass is 441 g/mol. The topological polar surface area (TPSA) is 74.5 Å². The van der Waals surface area contributed by atoms with E-state index in [9.17, 15) is 9.59 Å². The Balaban J connectivity index is 1.54. The summed E-state index contributed by atoms with van der Waals surface area (Å²) in [5.41, 5.74) is 1.25. The van der Waals surface area contributed by atoms with Crippen molar-refractivity contribution in [2.24, 2.45) is 7.05 Å². The van der Waals surface area contributed by atoms with Crippen molar-refractivity contribution in [3.8, 4) is 17.2 Å². The summed E-state index contributed by atoms with van der Waals surface area (Å²) in [5, 5.41) is 3.79. The van der Waals surface area contributed by atoms with Crippen LogP contribution in [0.2, 0.25) is 5.02 Å². The zero-order valence-corrected chi connectivity index (χ0v) is 17.6. The first-order chi connectivity index (χ1) is 14.5. The molecule has 1 amide bonds. The highest BCUT2D eigenvalue weighted by Crippen LogP contribution is 2.43. The van der Waals surface area contributed by atoms with Crippen LogP contribution in [0.15, 0.2) is 47.3 Å². The average Bonchev–Trinajstić information content (AvgIpc) is 3.39. The third kappa shape index (κ3) is 2.79. The quantitative estimate of drug-likeness (QED) is 0.513. The number of amides is 1. The second-order valence-electron chi connectivity index (χ2n) is 6.84. The first-order valence-corrected chi connectivity index (χ1v) is 10.3. The number of ether oxygens (including phenoxy) is 2. The fourth-order valence-electron chi connectivity index (χ4n) is 3.48. The largest absolute Gasteiger partial charge is 0.454 e. The molecule has 0 saturated heterocycles. The molecule has 5 rings (SSSR count). The Morgan fingerprint density at radius 1 is 1.17 bits per heavy atom. The summed E-state index contributed by atoms with van der Waals surface area (Å²) in [6, 6.07) is 12.8. The van der Waals surface area contributed by atoms with E-state index in [4.69, 9.17) is 21.1 Å². The van der Waals surface area contributed by atoms with E-state index in [1.165, 1.54) is 16.0 Å². The number of thiophene rings is 1. The molecule has 0 aliphatic carbocycles.